The predicted octanol–water partition coefficient (Wildman–Crippen LogP) is 3.82. The molecular weight excluding hydrogens is 136 g/mol. The third-order valence-electron chi connectivity index (χ3n) is 0.923. The molecule has 0 radical (unpaired) electrons. The van der Waals surface area contributed by atoms with Crippen LogP contribution in [0.5, 0.6) is 0 Å². The Bertz CT molecular complexity index is 57.9. The predicted molar refractivity (Wildman–Crippen MR) is 52.9 cm³/mol. The maximum Gasteiger partial charge on any atom is 0.132 e. The van der Waals surface area contributed by atoms with Crippen molar-refractivity contribution >= 4 is 5.78 Å². The van der Waals surface area contributed by atoms with E-state index < -0.39 is 0 Å². The molecule has 0 aromatic rings. The zero-order valence-corrected chi connectivity index (χ0v) is 9.03. The average molecular weight is 160 g/mol. The summed E-state index contributed by atoms with van der Waals surface area (Å²) in [5, 5.41) is 0. The summed E-state index contributed by atoms with van der Waals surface area (Å²) in [6, 6.07) is 0. The molecule has 0 aromatic carbocycles. The van der Waals surface area contributed by atoms with Crippen molar-refractivity contribution in [1.29, 1.82) is 0 Å². The third kappa shape index (κ3) is 26.1. The van der Waals surface area contributed by atoms with Crippen molar-refractivity contribution in [1.82, 2.24) is 0 Å². The highest BCUT2D eigenvalue weighted by Gasteiger charge is 1.91. The Hall–Kier alpha value is -0.330. The SMILES string of the molecule is CC.CC.CCCC(=O)CC. The van der Waals surface area contributed by atoms with E-state index in [9.17, 15) is 4.79 Å². The van der Waals surface area contributed by atoms with Crippen LogP contribution >= 0.6 is 0 Å². The number of carbonyl (C=O) groups excluding carboxylic acids is 1. The van der Waals surface area contributed by atoms with E-state index in [-0.39, 0.29) is 0 Å². The summed E-state index contributed by atoms with van der Waals surface area (Å²) < 4.78 is 0. The summed E-state index contributed by atoms with van der Waals surface area (Å²) in [6.45, 7) is 11.9. The van der Waals surface area contributed by atoms with Crippen molar-refractivity contribution in [2.24, 2.45) is 0 Å². The summed E-state index contributed by atoms with van der Waals surface area (Å²) in [6.07, 6.45) is 2.46. The topological polar surface area (TPSA) is 17.1 Å². The zero-order valence-electron chi connectivity index (χ0n) is 9.03. The van der Waals surface area contributed by atoms with Crippen molar-refractivity contribution in [2.75, 3.05) is 0 Å². The van der Waals surface area contributed by atoms with Gasteiger partial charge >= 0.3 is 0 Å². The largest absolute Gasteiger partial charge is 0.300 e. The van der Waals surface area contributed by atoms with E-state index in [2.05, 4.69) is 0 Å². The standard InChI is InChI=1S/C6H12O.2C2H6/c1-3-5-6(7)4-2;2*1-2/h3-5H2,1-2H3;2*1-2H3. The van der Waals surface area contributed by atoms with Gasteiger partial charge in [-0.3, -0.25) is 4.79 Å². The molecule has 0 N–H and O–H groups in total. The van der Waals surface area contributed by atoms with Crippen molar-refractivity contribution in [2.45, 2.75) is 60.8 Å². The lowest BCUT2D eigenvalue weighted by molar-refractivity contribution is -0.118. The van der Waals surface area contributed by atoms with E-state index in [4.69, 9.17) is 0 Å². The fourth-order valence-electron chi connectivity index (χ4n) is 0.456. The van der Waals surface area contributed by atoms with Gasteiger partial charge in [0.25, 0.3) is 0 Å². The number of carbonyl (C=O) groups is 1. The smallest absolute Gasteiger partial charge is 0.132 e. The van der Waals surface area contributed by atoms with Gasteiger partial charge < -0.3 is 0 Å². The van der Waals surface area contributed by atoms with Crippen LogP contribution in [0, 0.1) is 0 Å². The van der Waals surface area contributed by atoms with Crippen LogP contribution in [0.1, 0.15) is 60.8 Å². The molecule has 0 aromatic heterocycles. The molecular formula is C10H24O. The van der Waals surface area contributed by atoms with Crippen LogP contribution in [-0.4, -0.2) is 5.78 Å². The van der Waals surface area contributed by atoms with Crippen LogP contribution in [0.2, 0.25) is 0 Å². The molecule has 0 rings (SSSR count). The Morgan fingerprint density at radius 3 is 1.45 bits per heavy atom. The van der Waals surface area contributed by atoms with E-state index in [1.165, 1.54) is 0 Å². The highest BCUT2D eigenvalue weighted by atomic mass is 16.1. The maximum absolute atomic E-state index is 10.4. The molecule has 0 heterocycles. The molecule has 0 amide bonds. The fourth-order valence-corrected chi connectivity index (χ4v) is 0.456. The highest BCUT2D eigenvalue weighted by Crippen LogP contribution is 1.90. The van der Waals surface area contributed by atoms with Gasteiger partial charge in [0.2, 0.25) is 0 Å². The first-order valence-electron chi connectivity index (χ1n) is 4.83. The number of rotatable bonds is 3. The molecule has 0 fully saturated rings. The monoisotopic (exact) mass is 160 g/mol. The molecule has 0 atom stereocenters. The molecule has 0 spiro atoms. The zero-order chi connectivity index (χ0) is 9.70. The summed E-state index contributed by atoms with van der Waals surface area (Å²) in [4.78, 5) is 10.4. The molecule has 0 bridgehead atoms. The Morgan fingerprint density at radius 2 is 1.36 bits per heavy atom. The molecule has 0 aliphatic rings. The highest BCUT2D eigenvalue weighted by molar-refractivity contribution is 5.77. The summed E-state index contributed by atoms with van der Waals surface area (Å²) in [7, 11) is 0. The van der Waals surface area contributed by atoms with E-state index in [1.807, 2.05) is 41.5 Å². The molecule has 1 nitrogen and oxygen atoms in total. The second kappa shape index (κ2) is 22.6. The molecule has 0 aliphatic carbocycles. The minimum absolute atomic E-state index is 0.377. The van der Waals surface area contributed by atoms with Crippen molar-refractivity contribution in [3.63, 3.8) is 0 Å². The van der Waals surface area contributed by atoms with Gasteiger partial charge in [-0.2, -0.15) is 0 Å². The minimum atomic E-state index is 0.377. The second-order valence-corrected chi connectivity index (χ2v) is 1.64. The number of Topliss-reactive ketones (excluding diaryl/α,β-unsaturated/α-hetero) is 1. The van der Waals surface area contributed by atoms with E-state index in [0.717, 1.165) is 12.8 Å². The van der Waals surface area contributed by atoms with Crippen LogP contribution in [0.25, 0.3) is 0 Å². The Balaban J connectivity index is -0.000000138. The van der Waals surface area contributed by atoms with Crippen molar-refractivity contribution < 1.29 is 4.79 Å². The summed E-state index contributed by atoms with van der Waals surface area (Å²) >= 11 is 0. The van der Waals surface area contributed by atoms with Crippen LogP contribution in [0.15, 0.2) is 0 Å². The van der Waals surface area contributed by atoms with Gasteiger partial charge in [-0.05, 0) is 6.42 Å². The van der Waals surface area contributed by atoms with Crippen LogP contribution in [0.3, 0.4) is 0 Å². The minimum Gasteiger partial charge on any atom is -0.300 e. The quantitative estimate of drug-likeness (QED) is 0.613. The van der Waals surface area contributed by atoms with Crippen molar-refractivity contribution in [3.8, 4) is 0 Å². The van der Waals surface area contributed by atoms with Crippen LogP contribution in [0.4, 0.5) is 0 Å². The Labute approximate surface area is 72.2 Å². The summed E-state index contributed by atoms with van der Waals surface area (Å²) in [5.74, 6) is 0.377. The van der Waals surface area contributed by atoms with Gasteiger partial charge in [0.15, 0.2) is 0 Å². The third-order valence-corrected chi connectivity index (χ3v) is 0.923. The second-order valence-electron chi connectivity index (χ2n) is 1.64. The fraction of sp³-hybridized carbons (Fsp3) is 0.900. The maximum atomic E-state index is 10.4. The van der Waals surface area contributed by atoms with Gasteiger partial charge in [0.1, 0.15) is 5.78 Å². The molecule has 0 unspecified atom stereocenters. The molecule has 0 saturated heterocycles. The molecule has 0 saturated carbocycles. The molecule has 11 heavy (non-hydrogen) atoms. The lowest BCUT2D eigenvalue weighted by atomic mass is 10.2. The lowest BCUT2D eigenvalue weighted by Gasteiger charge is -1.87. The normalized spacial score (nSPS) is 6.73. The molecule has 1 heteroatoms. The van der Waals surface area contributed by atoms with Crippen molar-refractivity contribution in [3.05, 3.63) is 0 Å². The van der Waals surface area contributed by atoms with E-state index in [0.29, 0.717) is 12.2 Å². The first-order chi connectivity index (χ1) is 5.31. The molecule has 70 valence electrons. The van der Waals surface area contributed by atoms with Gasteiger partial charge in [-0.25, -0.2) is 0 Å². The number of hydrogen-bond acceptors (Lipinski definition) is 1. The van der Waals surface area contributed by atoms with Gasteiger partial charge in [0, 0.05) is 12.8 Å². The van der Waals surface area contributed by atoms with E-state index >= 15 is 0 Å². The number of hydrogen-bond donors (Lipinski definition) is 0. The summed E-state index contributed by atoms with van der Waals surface area (Å²) in [5.41, 5.74) is 0. The first-order valence-corrected chi connectivity index (χ1v) is 4.83. The Morgan fingerprint density at radius 1 is 1.00 bits per heavy atom. The first kappa shape index (κ1) is 17.0. The van der Waals surface area contributed by atoms with Crippen LogP contribution in [-0.2, 0) is 4.79 Å². The van der Waals surface area contributed by atoms with E-state index in [1.54, 1.807) is 0 Å². The number of ketones is 1. The van der Waals surface area contributed by atoms with Gasteiger partial charge in [-0.1, -0.05) is 41.5 Å². The van der Waals surface area contributed by atoms with Gasteiger partial charge in [0.05, 0.1) is 0 Å². The van der Waals surface area contributed by atoms with Crippen LogP contribution < -0.4 is 0 Å². The molecule has 0 aliphatic heterocycles. The average Bonchev–Trinajstić information content (AvgIpc) is 2.12. The lowest BCUT2D eigenvalue weighted by Crippen LogP contribution is -1.91. The Kier molecular flexibility index (Phi) is 34.9. The van der Waals surface area contributed by atoms with Gasteiger partial charge in [-0.15, -0.1) is 0 Å².